The maximum atomic E-state index is 13.8. The van der Waals surface area contributed by atoms with Crippen molar-refractivity contribution in [3.8, 4) is 0 Å². The van der Waals surface area contributed by atoms with Gasteiger partial charge in [-0.05, 0) is 38.1 Å². The van der Waals surface area contributed by atoms with Crippen molar-refractivity contribution in [2.24, 2.45) is 4.36 Å². The van der Waals surface area contributed by atoms with Crippen LogP contribution in [0.25, 0.3) is 0 Å². The Balaban J connectivity index is 2.58. The van der Waals surface area contributed by atoms with E-state index in [-0.39, 0.29) is 0 Å². The smallest absolute Gasteiger partial charge is 0.184 e. The van der Waals surface area contributed by atoms with Crippen molar-refractivity contribution in [3.63, 3.8) is 0 Å². The molecule has 0 heterocycles. The molecule has 2 nitrogen and oxygen atoms in total. The molecule has 0 amide bonds. The highest BCUT2D eigenvalue weighted by Crippen LogP contribution is 2.25. The predicted octanol–water partition coefficient (Wildman–Crippen LogP) is 4.47. The highest BCUT2D eigenvalue weighted by molar-refractivity contribution is 7.94. The first kappa shape index (κ1) is 13.7. The van der Waals surface area contributed by atoms with Crippen LogP contribution in [0.5, 0.6) is 0 Å². The van der Waals surface area contributed by atoms with Gasteiger partial charge in [0.2, 0.25) is 0 Å². The van der Waals surface area contributed by atoms with Crippen molar-refractivity contribution in [2.45, 2.75) is 24.2 Å². The molecule has 0 radical (unpaired) electrons. The van der Waals surface area contributed by atoms with Crippen LogP contribution in [0.4, 0.5) is 10.1 Å². The van der Waals surface area contributed by atoms with Crippen LogP contribution in [0.15, 0.2) is 63.9 Å². The lowest BCUT2D eigenvalue weighted by Crippen LogP contribution is -2.12. The summed E-state index contributed by atoms with van der Waals surface area (Å²) in [6.45, 7) is 3.24. The average Bonchev–Trinajstić information content (AvgIpc) is 2.42. The second-order valence-electron chi connectivity index (χ2n) is 4.35. The van der Waals surface area contributed by atoms with Gasteiger partial charge in [0.15, 0.2) is 5.50 Å². The van der Waals surface area contributed by atoms with Gasteiger partial charge in [-0.15, -0.1) is 0 Å². The van der Waals surface area contributed by atoms with E-state index in [0.29, 0.717) is 10.6 Å². The maximum Gasteiger partial charge on any atom is 0.184 e. The zero-order valence-corrected chi connectivity index (χ0v) is 11.7. The van der Waals surface area contributed by atoms with Crippen LogP contribution in [0.1, 0.15) is 12.5 Å². The molecular formula is C15H16FNOS. The lowest BCUT2D eigenvalue weighted by atomic mass is 10.2. The molecule has 0 saturated carbocycles. The van der Waals surface area contributed by atoms with E-state index in [4.69, 9.17) is 0 Å². The summed E-state index contributed by atoms with van der Waals surface area (Å²) in [6, 6.07) is 15.8. The van der Waals surface area contributed by atoms with E-state index < -0.39 is 15.2 Å². The fraction of sp³-hybridized carbons (Fsp3) is 0.200. The molecule has 2 atom stereocenters. The first-order valence-electron chi connectivity index (χ1n) is 6.04. The summed E-state index contributed by atoms with van der Waals surface area (Å²) in [5.74, 6) is 0. The van der Waals surface area contributed by atoms with E-state index in [2.05, 4.69) is 4.36 Å². The normalized spacial score (nSPS) is 15.5. The molecule has 100 valence electrons. The monoisotopic (exact) mass is 277 g/mol. The minimum atomic E-state index is -3.09. The quantitative estimate of drug-likeness (QED) is 0.814. The molecule has 0 fully saturated rings. The summed E-state index contributed by atoms with van der Waals surface area (Å²) in [5, 5.41) is 0. The number of benzene rings is 2. The first-order valence-corrected chi connectivity index (χ1v) is 7.62. The van der Waals surface area contributed by atoms with Crippen molar-refractivity contribution in [1.29, 1.82) is 0 Å². The number of nitrogens with zero attached hydrogens (tertiary/aromatic N) is 1. The van der Waals surface area contributed by atoms with Gasteiger partial charge in [-0.3, -0.25) is 0 Å². The minimum Gasteiger partial charge on any atom is -0.241 e. The van der Waals surface area contributed by atoms with Gasteiger partial charge < -0.3 is 0 Å². The maximum absolute atomic E-state index is 13.8. The Kier molecular flexibility index (Phi) is 4.00. The van der Waals surface area contributed by atoms with Crippen LogP contribution in [0.3, 0.4) is 0 Å². The molecule has 0 aliphatic heterocycles. The van der Waals surface area contributed by atoms with E-state index in [1.807, 2.05) is 19.1 Å². The van der Waals surface area contributed by atoms with Crippen LogP contribution in [0, 0.1) is 6.92 Å². The van der Waals surface area contributed by atoms with Crippen molar-refractivity contribution >= 4 is 15.4 Å². The molecule has 2 rings (SSSR count). The highest BCUT2D eigenvalue weighted by Gasteiger charge is 2.20. The summed E-state index contributed by atoms with van der Waals surface area (Å²) in [5.41, 5.74) is 0.0820. The topological polar surface area (TPSA) is 29.4 Å². The Morgan fingerprint density at radius 1 is 1.05 bits per heavy atom. The molecule has 1 unspecified atom stereocenters. The second kappa shape index (κ2) is 5.53. The van der Waals surface area contributed by atoms with Crippen LogP contribution >= 0.6 is 0 Å². The largest absolute Gasteiger partial charge is 0.241 e. The lowest BCUT2D eigenvalue weighted by Gasteiger charge is -2.11. The Morgan fingerprint density at radius 2 is 1.63 bits per heavy atom. The zero-order valence-electron chi connectivity index (χ0n) is 10.9. The Bertz CT molecular complexity index is 656. The first-order chi connectivity index (χ1) is 9.02. The lowest BCUT2D eigenvalue weighted by molar-refractivity contribution is 0.464. The van der Waals surface area contributed by atoms with Crippen LogP contribution in [0.2, 0.25) is 0 Å². The molecule has 2 aromatic rings. The summed E-state index contributed by atoms with van der Waals surface area (Å²) < 4.78 is 30.8. The van der Waals surface area contributed by atoms with E-state index in [1.54, 1.807) is 42.5 Å². The molecule has 2 aromatic carbocycles. The van der Waals surface area contributed by atoms with Gasteiger partial charge in [-0.2, -0.15) is 4.36 Å². The predicted molar refractivity (Wildman–Crippen MR) is 76.7 cm³/mol. The third-order valence-corrected chi connectivity index (χ3v) is 5.11. The van der Waals surface area contributed by atoms with E-state index in [1.165, 1.54) is 6.92 Å². The van der Waals surface area contributed by atoms with Gasteiger partial charge in [-0.1, -0.05) is 35.9 Å². The number of hydrogen-bond donors (Lipinski definition) is 0. The molecule has 19 heavy (non-hydrogen) atoms. The fourth-order valence-electron chi connectivity index (χ4n) is 1.69. The molecule has 0 spiro atoms. The molecule has 0 aromatic heterocycles. The Hall–Kier alpha value is -1.68. The van der Waals surface area contributed by atoms with Gasteiger partial charge in [-0.25, -0.2) is 8.60 Å². The van der Waals surface area contributed by atoms with Gasteiger partial charge in [0, 0.05) is 0 Å². The molecule has 0 aliphatic carbocycles. The SMILES string of the molecule is Cc1ccc(N=[S@@](=O)(c2ccccc2)C(C)F)cc1. The zero-order chi connectivity index (χ0) is 13.9. The fourth-order valence-corrected chi connectivity index (χ4v) is 3.30. The number of alkyl halides is 1. The number of halogens is 1. The van der Waals surface area contributed by atoms with Crippen molar-refractivity contribution in [2.75, 3.05) is 0 Å². The van der Waals surface area contributed by atoms with Crippen molar-refractivity contribution < 1.29 is 8.60 Å². The van der Waals surface area contributed by atoms with Gasteiger partial charge >= 0.3 is 0 Å². The van der Waals surface area contributed by atoms with E-state index in [9.17, 15) is 8.60 Å². The third kappa shape index (κ3) is 3.01. The number of aryl methyl sites for hydroxylation is 1. The van der Waals surface area contributed by atoms with E-state index in [0.717, 1.165) is 5.56 Å². The summed E-state index contributed by atoms with van der Waals surface area (Å²) in [6.07, 6.45) is 0. The Labute approximate surface area is 113 Å². The second-order valence-corrected chi connectivity index (χ2v) is 6.79. The molecular weight excluding hydrogens is 261 g/mol. The third-order valence-electron chi connectivity index (χ3n) is 2.80. The molecule has 0 saturated heterocycles. The summed E-state index contributed by atoms with van der Waals surface area (Å²) >= 11 is 0. The van der Waals surface area contributed by atoms with Crippen LogP contribution in [-0.2, 0) is 9.73 Å². The average molecular weight is 277 g/mol. The van der Waals surface area contributed by atoms with E-state index >= 15 is 0 Å². The van der Waals surface area contributed by atoms with Crippen LogP contribution < -0.4 is 0 Å². The van der Waals surface area contributed by atoms with Gasteiger partial charge in [0.1, 0.15) is 9.73 Å². The van der Waals surface area contributed by atoms with Gasteiger partial charge in [0.25, 0.3) is 0 Å². The number of hydrogen-bond acceptors (Lipinski definition) is 2. The molecule has 4 heteroatoms. The minimum absolute atomic E-state index is 0.422. The summed E-state index contributed by atoms with van der Waals surface area (Å²) in [4.78, 5) is 0.422. The standard InChI is InChI=1S/C15H16FNOS/c1-12-8-10-14(11-9-12)17-19(18,13(2)16)15-6-4-3-5-7-15/h3-11,13H,1-2H3/t13?,19-/m0/s1. The highest BCUT2D eigenvalue weighted by atomic mass is 32.2. The van der Waals surface area contributed by atoms with Crippen molar-refractivity contribution in [1.82, 2.24) is 0 Å². The van der Waals surface area contributed by atoms with Gasteiger partial charge in [0.05, 0.1) is 10.6 Å². The molecule has 0 aliphatic rings. The van der Waals surface area contributed by atoms with Crippen molar-refractivity contribution in [3.05, 3.63) is 60.2 Å². The number of rotatable bonds is 3. The van der Waals surface area contributed by atoms with Crippen LogP contribution in [-0.4, -0.2) is 9.71 Å². The molecule has 0 bridgehead atoms. The molecule has 0 N–H and O–H groups in total. The Morgan fingerprint density at radius 3 is 2.16 bits per heavy atom. The summed E-state index contributed by atoms with van der Waals surface area (Å²) in [7, 11) is -3.09.